The number of carbonyl (C=O) groups is 1. The molecule has 1 aliphatic rings. The molecule has 2 rings (SSSR count). The van der Waals surface area contributed by atoms with Crippen molar-refractivity contribution in [2.45, 2.75) is 46.1 Å². The Morgan fingerprint density at radius 3 is 2.74 bits per heavy atom. The number of rotatable bonds is 3. The lowest BCUT2D eigenvalue weighted by Gasteiger charge is -2.30. The maximum absolute atomic E-state index is 12.3. The SMILES string of the molecule is CC(C)CC(=O)N1CCCc2cc(C(C)N)ccc21. The van der Waals surface area contributed by atoms with Crippen LogP contribution in [0.4, 0.5) is 5.69 Å². The number of aryl methyl sites for hydroxylation is 1. The van der Waals surface area contributed by atoms with Crippen LogP contribution >= 0.6 is 0 Å². The fourth-order valence-electron chi connectivity index (χ4n) is 2.62. The molecule has 0 saturated heterocycles. The molecular weight excluding hydrogens is 236 g/mol. The Bertz CT molecular complexity index is 466. The first-order chi connectivity index (χ1) is 8.99. The minimum absolute atomic E-state index is 0.0482. The summed E-state index contributed by atoms with van der Waals surface area (Å²) < 4.78 is 0. The zero-order chi connectivity index (χ0) is 14.0. The summed E-state index contributed by atoms with van der Waals surface area (Å²) in [6.45, 7) is 7.01. The smallest absolute Gasteiger partial charge is 0.227 e. The predicted molar refractivity (Wildman–Crippen MR) is 79.2 cm³/mol. The van der Waals surface area contributed by atoms with Crippen LogP contribution < -0.4 is 10.6 Å². The zero-order valence-corrected chi connectivity index (χ0v) is 12.1. The maximum Gasteiger partial charge on any atom is 0.227 e. The first-order valence-electron chi connectivity index (χ1n) is 7.18. The summed E-state index contributed by atoms with van der Waals surface area (Å²) in [5.74, 6) is 0.644. The second-order valence-corrected chi connectivity index (χ2v) is 5.92. The van der Waals surface area contributed by atoms with Crippen LogP contribution in [0.25, 0.3) is 0 Å². The molecule has 1 amide bonds. The van der Waals surface area contributed by atoms with Gasteiger partial charge >= 0.3 is 0 Å². The third-order valence-corrected chi connectivity index (χ3v) is 3.63. The van der Waals surface area contributed by atoms with Gasteiger partial charge in [0.15, 0.2) is 0 Å². The Hall–Kier alpha value is -1.35. The number of hydrogen-bond donors (Lipinski definition) is 1. The van der Waals surface area contributed by atoms with E-state index >= 15 is 0 Å². The van der Waals surface area contributed by atoms with Crippen molar-refractivity contribution >= 4 is 11.6 Å². The first-order valence-corrected chi connectivity index (χ1v) is 7.18. The Morgan fingerprint density at radius 2 is 2.11 bits per heavy atom. The molecule has 0 aromatic heterocycles. The van der Waals surface area contributed by atoms with Crippen LogP contribution in [0.15, 0.2) is 18.2 Å². The van der Waals surface area contributed by atoms with E-state index < -0.39 is 0 Å². The number of nitrogens with two attached hydrogens (primary N) is 1. The number of nitrogens with zero attached hydrogens (tertiary/aromatic N) is 1. The van der Waals surface area contributed by atoms with Crippen molar-refractivity contribution in [1.29, 1.82) is 0 Å². The molecule has 0 radical (unpaired) electrons. The topological polar surface area (TPSA) is 46.3 Å². The van der Waals surface area contributed by atoms with Crippen molar-refractivity contribution in [1.82, 2.24) is 0 Å². The van der Waals surface area contributed by atoms with Crippen molar-refractivity contribution in [3.8, 4) is 0 Å². The fraction of sp³-hybridized carbons (Fsp3) is 0.562. The molecule has 19 heavy (non-hydrogen) atoms. The Labute approximate surface area is 115 Å². The quantitative estimate of drug-likeness (QED) is 0.908. The molecule has 0 bridgehead atoms. The molecule has 104 valence electrons. The summed E-state index contributed by atoms with van der Waals surface area (Å²) in [5.41, 5.74) is 9.42. The van der Waals surface area contributed by atoms with Gasteiger partial charge < -0.3 is 10.6 Å². The molecule has 0 saturated carbocycles. The van der Waals surface area contributed by atoms with E-state index in [1.54, 1.807) is 0 Å². The molecule has 1 unspecified atom stereocenters. The van der Waals surface area contributed by atoms with Crippen LogP contribution in [0.1, 0.15) is 50.8 Å². The highest BCUT2D eigenvalue weighted by Crippen LogP contribution is 2.30. The summed E-state index contributed by atoms with van der Waals surface area (Å²) in [5, 5.41) is 0. The lowest BCUT2D eigenvalue weighted by Crippen LogP contribution is -2.36. The van der Waals surface area contributed by atoms with E-state index in [0.29, 0.717) is 12.3 Å². The largest absolute Gasteiger partial charge is 0.324 e. The van der Waals surface area contributed by atoms with Gasteiger partial charge in [0.1, 0.15) is 0 Å². The minimum atomic E-state index is 0.0482. The summed E-state index contributed by atoms with van der Waals surface area (Å²) >= 11 is 0. The van der Waals surface area contributed by atoms with Crippen molar-refractivity contribution < 1.29 is 4.79 Å². The van der Waals surface area contributed by atoms with E-state index in [1.807, 2.05) is 17.9 Å². The van der Waals surface area contributed by atoms with Gasteiger partial charge in [-0.05, 0) is 42.9 Å². The third kappa shape index (κ3) is 3.16. The van der Waals surface area contributed by atoms with Crippen LogP contribution in [0, 0.1) is 5.92 Å². The normalized spacial score (nSPS) is 16.4. The monoisotopic (exact) mass is 260 g/mol. The van der Waals surface area contributed by atoms with Gasteiger partial charge in [-0.25, -0.2) is 0 Å². The van der Waals surface area contributed by atoms with Crippen molar-refractivity contribution in [2.24, 2.45) is 11.7 Å². The molecule has 0 spiro atoms. The van der Waals surface area contributed by atoms with Gasteiger partial charge in [0.25, 0.3) is 0 Å². The van der Waals surface area contributed by atoms with E-state index in [-0.39, 0.29) is 11.9 Å². The molecule has 0 fully saturated rings. The molecule has 1 heterocycles. The standard InChI is InChI=1S/C16H24N2O/c1-11(2)9-16(19)18-8-4-5-14-10-13(12(3)17)6-7-15(14)18/h6-7,10-12H,4-5,8-9,17H2,1-3H3. The summed E-state index contributed by atoms with van der Waals surface area (Å²) in [6, 6.07) is 6.32. The number of benzene rings is 1. The molecule has 1 atom stereocenters. The maximum atomic E-state index is 12.3. The van der Waals surface area contributed by atoms with Gasteiger partial charge in [-0.15, -0.1) is 0 Å². The average molecular weight is 260 g/mol. The van der Waals surface area contributed by atoms with Gasteiger partial charge in [0.05, 0.1) is 0 Å². The highest BCUT2D eigenvalue weighted by Gasteiger charge is 2.23. The van der Waals surface area contributed by atoms with E-state index in [4.69, 9.17) is 5.73 Å². The van der Waals surface area contributed by atoms with Gasteiger partial charge in [0, 0.05) is 24.7 Å². The van der Waals surface area contributed by atoms with Crippen LogP contribution in [-0.2, 0) is 11.2 Å². The molecule has 3 heteroatoms. The lowest BCUT2D eigenvalue weighted by molar-refractivity contribution is -0.119. The number of carbonyl (C=O) groups excluding carboxylic acids is 1. The molecular formula is C16H24N2O. The van der Waals surface area contributed by atoms with E-state index in [0.717, 1.165) is 30.6 Å². The zero-order valence-electron chi connectivity index (χ0n) is 12.1. The number of amides is 1. The van der Waals surface area contributed by atoms with Crippen molar-refractivity contribution in [3.05, 3.63) is 29.3 Å². The van der Waals surface area contributed by atoms with Crippen LogP contribution in [0.2, 0.25) is 0 Å². The Balaban J connectivity index is 2.27. The summed E-state index contributed by atoms with van der Waals surface area (Å²) in [6.07, 6.45) is 2.70. The average Bonchev–Trinajstić information content (AvgIpc) is 2.36. The molecule has 1 aromatic carbocycles. The molecule has 2 N–H and O–H groups in total. The molecule has 1 aliphatic heterocycles. The minimum Gasteiger partial charge on any atom is -0.324 e. The summed E-state index contributed by atoms with van der Waals surface area (Å²) in [7, 11) is 0. The molecule has 3 nitrogen and oxygen atoms in total. The third-order valence-electron chi connectivity index (χ3n) is 3.63. The van der Waals surface area contributed by atoms with Gasteiger partial charge in [0.2, 0.25) is 5.91 Å². The van der Waals surface area contributed by atoms with Crippen LogP contribution in [0.5, 0.6) is 0 Å². The Morgan fingerprint density at radius 1 is 1.37 bits per heavy atom. The highest BCUT2D eigenvalue weighted by atomic mass is 16.2. The van der Waals surface area contributed by atoms with E-state index in [2.05, 4.69) is 26.0 Å². The number of anilines is 1. The van der Waals surface area contributed by atoms with Gasteiger partial charge in [-0.3, -0.25) is 4.79 Å². The van der Waals surface area contributed by atoms with Crippen LogP contribution in [-0.4, -0.2) is 12.5 Å². The van der Waals surface area contributed by atoms with Crippen molar-refractivity contribution in [3.63, 3.8) is 0 Å². The fourth-order valence-corrected chi connectivity index (χ4v) is 2.62. The highest BCUT2D eigenvalue weighted by molar-refractivity contribution is 5.94. The lowest BCUT2D eigenvalue weighted by atomic mass is 9.96. The first kappa shape index (κ1) is 14.1. The van der Waals surface area contributed by atoms with E-state index in [1.165, 1.54) is 5.56 Å². The summed E-state index contributed by atoms with van der Waals surface area (Å²) in [4.78, 5) is 14.2. The van der Waals surface area contributed by atoms with Gasteiger partial charge in [-0.1, -0.05) is 26.0 Å². The second-order valence-electron chi connectivity index (χ2n) is 5.92. The number of hydrogen-bond acceptors (Lipinski definition) is 2. The predicted octanol–water partition coefficient (Wildman–Crippen LogP) is 3.03. The van der Waals surface area contributed by atoms with Crippen molar-refractivity contribution in [2.75, 3.05) is 11.4 Å². The van der Waals surface area contributed by atoms with Gasteiger partial charge in [-0.2, -0.15) is 0 Å². The second kappa shape index (κ2) is 5.74. The number of fused-ring (bicyclic) bond motifs is 1. The Kier molecular flexibility index (Phi) is 4.25. The molecule has 1 aromatic rings. The van der Waals surface area contributed by atoms with Crippen LogP contribution in [0.3, 0.4) is 0 Å². The van der Waals surface area contributed by atoms with E-state index in [9.17, 15) is 4.79 Å². The molecule has 0 aliphatic carbocycles.